The molecule has 0 bridgehead atoms. The van der Waals surface area contributed by atoms with Crippen LogP contribution < -0.4 is 0 Å². The zero-order chi connectivity index (χ0) is 7.68. The van der Waals surface area contributed by atoms with Gasteiger partial charge in [-0.25, -0.2) is 0 Å². The summed E-state index contributed by atoms with van der Waals surface area (Å²) >= 11 is 4.41. The molecule has 0 atom stereocenters. The Balaban J connectivity index is 1.76. The highest BCUT2D eigenvalue weighted by atomic mass is 32.1. The molecule has 3 heteroatoms. The SMILES string of the molecule is SC1CC(N2CCOCC2)C1. The van der Waals surface area contributed by atoms with Gasteiger partial charge in [-0.1, -0.05) is 0 Å². The third kappa shape index (κ3) is 1.71. The van der Waals surface area contributed by atoms with Crippen molar-refractivity contribution in [2.45, 2.75) is 24.1 Å². The number of ether oxygens (including phenoxy) is 1. The van der Waals surface area contributed by atoms with Crippen LogP contribution >= 0.6 is 12.6 Å². The quantitative estimate of drug-likeness (QED) is 0.588. The second-order valence-corrected chi connectivity index (χ2v) is 4.16. The van der Waals surface area contributed by atoms with Crippen molar-refractivity contribution in [3.8, 4) is 0 Å². The van der Waals surface area contributed by atoms with Crippen LogP contribution in [0.1, 0.15) is 12.8 Å². The molecule has 2 aliphatic rings. The van der Waals surface area contributed by atoms with Crippen LogP contribution in [0.25, 0.3) is 0 Å². The molecule has 0 unspecified atom stereocenters. The summed E-state index contributed by atoms with van der Waals surface area (Å²) < 4.78 is 5.28. The minimum atomic E-state index is 0.669. The topological polar surface area (TPSA) is 12.5 Å². The van der Waals surface area contributed by atoms with Gasteiger partial charge in [0, 0.05) is 24.4 Å². The molecule has 11 heavy (non-hydrogen) atoms. The van der Waals surface area contributed by atoms with Crippen molar-refractivity contribution in [1.82, 2.24) is 4.90 Å². The normalized spacial score (nSPS) is 40.1. The Labute approximate surface area is 73.3 Å². The number of thiol groups is 1. The van der Waals surface area contributed by atoms with Gasteiger partial charge >= 0.3 is 0 Å². The average molecular weight is 173 g/mol. The standard InChI is InChI=1S/C8H15NOS/c11-8-5-7(6-8)9-1-3-10-4-2-9/h7-8,11H,1-6H2. The summed E-state index contributed by atoms with van der Waals surface area (Å²) in [6, 6.07) is 0.821. The second-order valence-electron chi connectivity index (χ2n) is 3.43. The first-order valence-electron chi connectivity index (χ1n) is 4.36. The van der Waals surface area contributed by atoms with E-state index in [0.29, 0.717) is 5.25 Å². The van der Waals surface area contributed by atoms with Crippen molar-refractivity contribution in [1.29, 1.82) is 0 Å². The first-order chi connectivity index (χ1) is 5.36. The van der Waals surface area contributed by atoms with Crippen LogP contribution in [0.3, 0.4) is 0 Å². The molecule has 2 fully saturated rings. The Bertz CT molecular complexity index is 130. The fourth-order valence-corrected chi connectivity index (χ4v) is 2.29. The first kappa shape index (κ1) is 7.90. The predicted octanol–water partition coefficient (Wildman–Crippen LogP) is 0.779. The fourth-order valence-electron chi connectivity index (χ4n) is 1.80. The maximum atomic E-state index is 5.28. The third-order valence-corrected chi connectivity index (χ3v) is 3.07. The molecule has 0 radical (unpaired) electrons. The van der Waals surface area contributed by atoms with Crippen LogP contribution in [0.2, 0.25) is 0 Å². The van der Waals surface area contributed by atoms with Crippen LogP contribution in [-0.2, 0) is 4.74 Å². The zero-order valence-electron chi connectivity index (χ0n) is 6.70. The molecule has 1 aliphatic carbocycles. The van der Waals surface area contributed by atoms with E-state index in [1.807, 2.05) is 0 Å². The van der Waals surface area contributed by atoms with E-state index in [1.165, 1.54) is 12.8 Å². The van der Waals surface area contributed by atoms with Crippen molar-refractivity contribution in [3.63, 3.8) is 0 Å². The minimum Gasteiger partial charge on any atom is -0.379 e. The lowest BCUT2D eigenvalue weighted by atomic mass is 9.90. The molecule has 0 amide bonds. The summed E-state index contributed by atoms with van der Waals surface area (Å²) in [4.78, 5) is 2.54. The van der Waals surface area contributed by atoms with Crippen LogP contribution in [0.4, 0.5) is 0 Å². The van der Waals surface area contributed by atoms with Gasteiger partial charge in [-0.3, -0.25) is 4.90 Å². The van der Waals surface area contributed by atoms with Gasteiger partial charge in [0.05, 0.1) is 13.2 Å². The summed E-state index contributed by atoms with van der Waals surface area (Å²) in [5.74, 6) is 0. The maximum Gasteiger partial charge on any atom is 0.0594 e. The van der Waals surface area contributed by atoms with Crippen LogP contribution in [0.15, 0.2) is 0 Å². The smallest absolute Gasteiger partial charge is 0.0594 e. The van der Waals surface area contributed by atoms with Crippen molar-refractivity contribution < 1.29 is 4.74 Å². The van der Waals surface area contributed by atoms with Crippen molar-refractivity contribution in [2.24, 2.45) is 0 Å². The summed E-state index contributed by atoms with van der Waals surface area (Å²) in [6.07, 6.45) is 2.56. The number of nitrogens with zero attached hydrogens (tertiary/aromatic N) is 1. The number of hydrogen-bond donors (Lipinski definition) is 1. The summed E-state index contributed by atoms with van der Waals surface area (Å²) in [5, 5.41) is 0.669. The molecule has 0 spiro atoms. The molecular weight excluding hydrogens is 158 g/mol. The van der Waals surface area contributed by atoms with Gasteiger partial charge in [-0.15, -0.1) is 0 Å². The van der Waals surface area contributed by atoms with Gasteiger partial charge in [-0.2, -0.15) is 12.6 Å². The van der Waals surface area contributed by atoms with E-state index in [4.69, 9.17) is 4.74 Å². The highest BCUT2D eigenvalue weighted by Crippen LogP contribution is 2.29. The van der Waals surface area contributed by atoms with Crippen molar-refractivity contribution in [3.05, 3.63) is 0 Å². The van der Waals surface area contributed by atoms with Crippen molar-refractivity contribution >= 4 is 12.6 Å². The number of rotatable bonds is 1. The Morgan fingerprint density at radius 1 is 1.18 bits per heavy atom. The molecule has 2 rings (SSSR count). The lowest BCUT2D eigenvalue weighted by Crippen LogP contribution is -2.50. The third-order valence-electron chi connectivity index (χ3n) is 2.65. The molecule has 1 saturated heterocycles. The molecule has 0 N–H and O–H groups in total. The summed E-state index contributed by atoms with van der Waals surface area (Å²) in [6.45, 7) is 4.11. The van der Waals surface area contributed by atoms with E-state index in [2.05, 4.69) is 17.5 Å². The molecular formula is C8H15NOS. The Hall–Kier alpha value is 0.270. The average Bonchev–Trinajstić information content (AvgIpc) is 2.01. The van der Waals surface area contributed by atoms with Gasteiger partial charge in [-0.05, 0) is 12.8 Å². The Kier molecular flexibility index (Phi) is 2.39. The van der Waals surface area contributed by atoms with Gasteiger partial charge in [0.15, 0.2) is 0 Å². The monoisotopic (exact) mass is 173 g/mol. The molecule has 1 heterocycles. The number of morpholine rings is 1. The van der Waals surface area contributed by atoms with E-state index < -0.39 is 0 Å². The van der Waals surface area contributed by atoms with E-state index in [-0.39, 0.29) is 0 Å². The van der Waals surface area contributed by atoms with E-state index >= 15 is 0 Å². The predicted molar refractivity (Wildman–Crippen MR) is 48.2 cm³/mol. The Morgan fingerprint density at radius 2 is 1.82 bits per heavy atom. The zero-order valence-corrected chi connectivity index (χ0v) is 7.59. The lowest BCUT2D eigenvalue weighted by Gasteiger charge is -2.42. The Morgan fingerprint density at radius 3 is 2.36 bits per heavy atom. The van der Waals surface area contributed by atoms with E-state index in [9.17, 15) is 0 Å². The fraction of sp³-hybridized carbons (Fsp3) is 1.00. The molecule has 1 aliphatic heterocycles. The number of hydrogen-bond acceptors (Lipinski definition) is 3. The van der Waals surface area contributed by atoms with E-state index in [0.717, 1.165) is 32.3 Å². The van der Waals surface area contributed by atoms with Gasteiger partial charge in [0.1, 0.15) is 0 Å². The van der Waals surface area contributed by atoms with Crippen LogP contribution in [0, 0.1) is 0 Å². The highest BCUT2D eigenvalue weighted by molar-refractivity contribution is 7.81. The molecule has 1 saturated carbocycles. The molecule has 0 aromatic heterocycles. The lowest BCUT2D eigenvalue weighted by molar-refractivity contribution is 0.000145. The highest BCUT2D eigenvalue weighted by Gasteiger charge is 2.31. The summed E-state index contributed by atoms with van der Waals surface area (Å²) in [5.41, 5.74) is 0. The maximum absolute atomic E-state index is 5.28. The molecule has 2 nitrogen and oxygen atoms in total. The van der Waals surface area contributed by atoms with Gasteiger partial charge < -0.3 is 4.74 Å². The minimum absolute atomic E-state index is 0.669. The summed E-state index contributed by atoms with van der Waals surface area (Å²) in [7, 11) is 0. The van der Waals surface area contributed by atoms with Gasteiger partial charge in [0.2, 0.25) is 0 Å². The molecule has 0 aromatic rings. The first-order valence-corrected chi connectivity index (χ1v) is 4.88. The van der Waals surface area contributed by atoms with Crippen molar-refractivity contribution in [2.75, 3.05) is 26.3 Å². The van der Waals surface area contributed by atoms with Crippen LogP contribution in [-0.4, -0.2) is 42.5 Å². The van der Waals surface area contributed by atoms with E-state index in [1.54, 1.807) is 0 Å². The van der Waals surface area contributed by atoms with Gasteiger partial charge in [0.25, 0.3) is 0 Å². The largest absolute Gasteiger partial charge is 0.379 e. The van der Waals surface area contributed by atoms with Crippen LogP contribution in [0.5, 0.6) is 0 Å². The molecule has 0 aromatic carbocycles. The second kappa shape index (κ2) is 3.33. The molecule has 64 valence electrons.